The van der Waals surface area contributed by atoms with Crippen LogP contribution in [0.5, 0.6) is 0 Å². The summed E-state index contributed by atoms with van der Waals surface area (Å²) in [7, 11) is 1.92. The minimum absolute atomic E-state index is 0.281. The summed E-state index contributed by atoms with van der Waals surface area (Å²) in [6, 6.07) is 0.352. The van der Waals surface area contributed by atoms with Crippen LogP contribution in [0.25, 0.3) is 0 Å². The zero-order valence-electron chi connectivity index (χ0n) is 9.01. The summed E-state index contributed by atoms with van der Waals surface area (Å²) in [4.78, 5) is 4.16. The first-order valence-corrected chi connectivity index (χ1v) is 5.28. The quantitative estimate of drug-likeness (QED) is 0.826. The van der Waals surface area contributed by atoms with Crippen molar-refractivity contribution in [1.82, 2.24) is 19.7 Å². The van der Waals surface area contributed by atoms with Crippen LogP contribution in [-0.4, -0.2) is 19.7 Å². The molecule has 1 atom stereocenters. The molecule has 0 amide bonds. The van der Waals surface area contributed by atoms with E-state index in [1.54, 1.807) is 13.1 Å². The Balaban J connectivity index is 1.97. The zero-order chi connectivity index (χ0) is 11.5. The second-order valence-corrected chi connectivity index (χ2v) is 4.02. The maximum atomic E-state index is 5.80. The Morgan fingerprint density at radius 3 is 2.94 bits per heavy atom. The average Bonchev–Trinajstić information content (AvgIpc) is 2.83. The highest BCUT2D eigenvalue weighted by molar-refractivity contribution is 6.20. The first-order valence-electron chi connectivity index (χ1n) is 4.84. The summed E-state index contributed by atoms with van der Waals surface area (Å²) >= 11 is 5.80. The van der Waals surface area contributed by atoms with Crippen LogP contribution in [0.2, 0.25) is 0 Å². The van der Waals surface area contributed by atoms with Crippen molar-refractivity contribution < 1.29 is 4.42 Å². The molecule has 0 bridgehead atoms. The van der Waals surface area contributed by atoms with Crippen molar-refractivity contribution in [3.8, 4) is 0 Å². The minimum Gasteiger partial charge on any atom is -0.406 e. The number of halogens is 1. The number of hydrogen-bond donors (Lipinski definition) is 1. The van der Waals surface area contributed by atoms with Gasteiger partial charge in [-0.2, -0.15) is 0 Å². The topological polar surface area (TPSA) is 68.8 Å². The van der Waals surface area contributed by atoms with Gasteiger partial charge in [-0.1, -0.05) is 5.10 Å². The molecule has 0 aromatic carbocycles. The molecule has 0 aliphatic heterocycles. The Morgan fingerprint density at radius 1 is 1.56 bits per heavy atom. The molecule has 2 heterocycles. The molecule has 0 fully saturated rings. The van der Waals surface area contributed by atoms with Gasteiger partial charge in [0, 0.05) is 19.4 Å². The van der Waals surface area contributed by atoms with E-state index in [-0.39, 0.29) is 5.38 Å². The predicted octanol–water partition coefficient (Wildman–Crippen LogP) is 1.71. The Morgan fingerprint density at radius 2 is 2.38 bits per heavy atom. The highest BCUT2D eigenvalue weighted by Crippen LogP contribution is 2.19. The molecule has 1 unspecified atom stereocenters. The molecule has 0 spiro atoms. The molecule has 0 radical (unpaired) electrons. The number of anilines is 1. The van der Waals surface area contributed by atoms with Crippen molar-refractivity contribution in [2.45, 2.75) is 18.8 Å². The molecule has 86 valence electrons. The van der Waals surface area contributed by atoms with Crippen molar-refractivity contribution in [3.05, 3.63) is 24.1 Å². The van der Waals surface area contributed by atoms with Crippen LogP contribution in [0.3, 0.4) is 0 Å². The number of alkyl halides is 1. The molecule has 2 rings (SSSR count). The van der Waals surface area contributed by atoms with Crippen molar-refractivity contribution >= 4 is 17.6 Å². The zero-order valence-corrected chi connectivity index (χ0v) is 9.77. The van der Waals surface area contributed by atoms with Crippen LogP contribution in [0.4, 0.5) is 6.01 Å². The van der Waals surface area contributed by atoms with Crippen LogP contribution in [-0.2, 0) is 13.6 Å². The van der Waals surface area contributed by atoms with E-state index in [1.165, 1.54) is 0 Å². The molecule has 0 saturated heterocycles. The number of nitrogens with one attached hydrogen (secondary N) is 1. The van der Waals surface area contributed by atoms with Gasteiger partial charge >= 0.3 is 6.01 Å². The van der Waals surface area contributed by atoms with Gasteiger partial charge in [0.1, 0.15) is 11.2 Å². The maximum absolute atomic E-state index is 5.80. The van der Waals surface area contributed by atoms with E-state index in [1.807, 2.05) is 17.8 Å². The Labute approximate surface area is 97.6 Å². The van der Waals surface area contributed by atoms with Crippen molar-refractivity contribution in [2.75, 3.05) is 5.32 Å². The molecule has 16 heavy (non-hydrogen) atoms. The summed E-state index contributed by atoms with van der Waals surface area (Å²) in [5.74, 6) is 1.29. The van der Waals surface area contributed by atoms with E-state index in [4.69, 9.17) is 16.0 Å². The number of aryl methyl sites for hydroxylation is 1. The smallest absolute Gasteiger partial charge is 0.315 e. The maximum Gasteiger partial charge on any atom is 0.315 e. The highest BCUT2D eigenvalue weighted by Gasteiger charge is 2.11. The number of aromatic nitrogens is 4. The lowest BCUT2D eigenvalue weighted by Crippen LogP contribution is -2.05. The summed E-state index contributed by atoms with van der Waals surface area (Å²) in [5.41, 5.74) is 0. The van der Waals surface area contributed by atoms with Crippen molar-refractivity contribution in [1.29, 1.82) is 0 Å². The first-order chi connectivity index (χ1) is 7.66. The fraction of sp³-hybridized carbons (Fsp3) is 0.444. The second-order valence-electron chi connectivity index (χ2n) is 3.37. The molecule has 2 aromatic heterocycles. The van der Waals surface area contributed by atoms with E-state index in [9.17, 15) is 0 Å². The van der Waals surface area contributed by atoms with Gasteiger partial charge in [-0.15, -0.1) is 16.7 Å². The third-order valence-electron chi connectivity index (χ3n) is 2.10. The lowest BCUT2D eigenvalue weighted by Gasteiger charge is -2.01. The first kappa shape index (κ1) is 10.9. The van der Waals surface area contributed by atoms with E-state index in [2.05, 4.69) is 20.5 Å². The van der Waals surface area contributed by atoms with Crippen LogP contribution in [0.1, 0.15) is 24.0 Å². The standard InChI is InChI=1S/C9H12ClN5O/c1-6(10)8-13-14-9(16-8)12-5-7-11-3-4-15(7)2/h3-4,6H,5H2,1-2H3,(H,12,14). The molecule has 0 aliphatic rings. The highest BCUT2D eigenvalue weighted by atomic mass is 35.5. The minimum atomic E-state index is -0.281. The molecule has 7 heteroatoms. The molecule has 0 saturated carbocycles. The van der Waals surface area contributed by atoms with Crippen molar-refractivity contribution in [2.24, 2.45) is 7.05 Å². The van der Waals surface area contributed by atoms with Crippen molar-refractivity contribution in [3.63, 3.8) is 0 Å². The Hall–Kier alpha value is -1.56. The second kappa shape index (κ2) is 4.52. The van der Waals surface area contributed by atoms with Crippen LogP contribution in [0, 0.1) is 0 Å². The van der Waals surface area contributed by atoms with Crippen LogP contribution >= 0.6 is 11.6 Å². The van der Waals surface area contributed by atoms with E-state index in [0.717, 1.165) is 5.82 Å². The number of imidazole rings is 1. The van der Waals surface area contributed by atoms with Gasteiger partial charge in [0.2, 0.25) is 5.89 Å². The third kappa shape index (κ3) is 2.33. The lowest BCUT2D eigenvalue weighted by atomic mass is 10.5. The lowest BCUT2D eigenvalue weighted by molar-refractivity contribution is 0.505. The summed E-state index contributed by atoms with van der Waals surface area (Å²) < 4.78 is 7.19. The predicted molar refractivity (Wildman–Crippen MR) is 59.1 cm³/mol. The monoisotopic (exact) mass is 241 g/mol. The fourth-order valence-electron chi connectivity index (χ4n) is 1.19. The molecule has 1 N–H and O–H groups in total. The SMILES string of the molecule is CC(Cl)c1nnc(NCc2nccn2C)o1. The van der Waals surface area contributed by atoms with E-state index >= 15 is 0 Å². The number of rotatable bonds is 4. The van der Waals surface area contributed by atoms with Gasteiger partial charge in [-0.25, -0.2) is 4.98 Å². The molecular weight excluding hydrogens is 230 g/mol. The Kier molecular flexibility index (Phi) is 3.09. The largest absolute Gasteiger partial charge is 0.406 e. The summed E-state index contributed by atoms with van der Waals surface area (Å²) in [6.07, 6.45) is 3.61. The van der Waals surface area contributed by atoms with Gasteiger partial charge in [0.15, 0.2) is 0 Å². The molecular formula is C9H12ClN5O. The number of hydrogen-bond acceptors (Lipinski definition) is 5. The summed E-state index contributed by atoms with van der Waals surface area (Å²) in [6.45, 7) is 2.30. The molecule has 2 aromatic rings. The Bertz CT molecular complexity index is 464. The van der Waals surface area contributed by atoms with Crippen LogP contribution in [0.15, 0.2) is 16.8 Å². The van der Waals surface area contributed by atoms with Gasteiger partial charge < -0.3 is 14.3 Å². The third-order valence-corrected chi connectivity index (χ3v) is 2.29. The normalized spacial score (nSPS) is 12.7. The van der Waals surface area contributed by atoms with Gasteiger partial charge in [-0.3, -0.25) is 0 Å². The van der Waals surface area contributed by atoms with Gasteiger partial charge in [0.25, 0.3) is 0 Å². The average molecular weight is 242 g/mol. The fourth-order valence-corrected chi connectivity index (χ4v) is 1.28. The van der Waals surface area contributed by atoms with Gasteiger partial charge in [-0.05, 0) is 6.92 Å². The van der Waals surface area contributed by atoms with E-state index in [0.29, 0.717) is 18.5 Å². The van der Waals surface area contributed by atoms with E-state index < -0.39 is 0 Å². The number of nitrogens with zero attached hydrogens (tertiary/aromatic N) is 4. The van der Waals surface area contributed by atoms with Crippen LogP contribution < -0.4 is 5.32 Å². The van der Waals surface area contributed by atoms with Gasteiger partial charge in [0.05, 0.1) is 6.54 Å². The molecule has 6 nitrogen and oxygen atoms in total. The summed E-state index contributed by atoms with van der Waals surface area (Å²) in [5, 5.41) is 10.3. The molecule has 0 aliphatic carbocycles.